The van der Waals surface area contributed by atoms with Crippen molar-refractivity contribution < 1.29 is 4.79 Å². The number of imidazole rings is 1. The average molecular weight is 369 g/mol. The van der Waals surface area contributed by atoms with E-state index in [-0.39, 0.29) is 11.8 Å². The van der Waals surface area contributed by atoms with E-state index in [2.05, 4.69) is 41.1 Å². The van der Waals surface area contributed by atoms with Crippen molar-refractivity contribution in [2.45, 2.75) is 45.1 Å². The van der Waals surface area contributed by atoms with Crippen molar-refractivity contribution in [3.05, 3.63) is 53.6 Å². The molecule has 1 aromatic carbocycles. The van der Waals surface area contributed by atoms with E-state index in [1.165, 1.54) is 12.8 Å². The molecule has 1 aliphatic carbocycles. The summed E-state index contributed by atoms with van der Waals surface area (Å²) < 4.78 is 0. The van der Waals surface area contributed by atoms with Gasteiger partial charge in [-0.1, -0.05) is 43.2 Å². The Hall–Kier alpha value is -2.14. The number of aromatic nitrogens is 2. The SMILES string of the molecule is Cc1ncc(CN(CCN(C)C)C(=O)C(c2ccccc2)C2CCCC2)[nH]1. The summed E-state index contributed by atoms with van der Waals surface area (Å²) in [6.07, 6.45) is 6.61. The van der Waals surface area contributed by atoms with Crippen LogP contribution < -0.4 is 0 Å². The zero-order valence-electron chi connectivity index (χ0n) is 16.8. The smallest absolute Gasteiger partial charge is 0.230 e. The van der Waals surface area contributed by atoms with Gasteiger partial charge in [-0.25, -0.2) is 4.98 Å². The highest BCUT2D eigenvalue weighted by Crippen LogP contribution is 2.38. The maximum Gasteiger partial charge on any atom is 0.230 e. The summed E-state index contributed by atoms with van der Waals surface area (Å²) in [5, 5.41) is 0. The summed E-state index contributed by atoms with van der Waals surface area (Å²) in [5.74, 6) is 1.55. The van der Waals surface area contributed by atoms with Crippen LogP contribution in [0.3, 0.4) is 0 Å². The van der Waals surface area contributed by atoms with Gasteiger partial charge in [-0.05, 0) is 45.3 Å². The Labute approximate surface area is 162 Å². The van der Waals surface area contributed by atoms with Crippen LogP contribution in [0.2, 0.25) is 0 Å². The third-order valence-electron chi connectivity index (χ3n) is 5.54. The first-order chi connectivity index (χ1) is 13.0. The van der Waals surface area contributed by atoms with E-state index in [0.717, 1.165) is 43.0 Å². The number of carbonyl (C=O) groups excluding carboxylic acids is 1. The van der Waals surface area contributed by atoms with E-state index in [0.29, 0.717) is 12.5 Å². The minimum atomic E-state index is -0.0418. The molecule has 0 spiro atoms. The molecule has 1 aliphatic rings. The number of hydrogen-bond acceptors (Lipinski definition) is 3. The first kappa shape index (κ1) is 19.6. The second kappa shape index (κ2) is 9.18. The molecule has 0 saturated heterocycles. The topological polar surface area (TPSA) is 52.2 Å². The summed E-state index contributed by atoms with van der Waals surface area (Å²) in [6, 6.07) is 10.4. The molecule has 1 N–H and O–H groups in total. The lowest BCUT2D eigenvalue weighted by molar-refractivity contribution is -0.135. The van der Waals surface area contributed by atoms with Crippen LogP contribution in [0.1, 0.15) is 48.7 Å². The van der Waals surface area contributed by atoms with Gasteiger partial charge in [-0.15, -0.1) is 0 Å². The Morgan fingerprint density at radius 1 is 1.19 bits per heavy atom. The van der Waals surface area contributed by atoms with Gasteiger partial charge < -0.3 is 14.8 Å². The number of nitrogens with one attached hydrogen (secondary N) is 1. The molecule has 1 unspecified atom stereocenters. The molecule has 5 nitrogen and oxygen atoms in total. The van der Waals surface area contributed by atoms with E-state index in [1.54, 1.807) is 0 Å². The van der Waals surface area contributed by atoms with Gasteiger partial charge >= 0.3 is 0 Å². The number of aryl methyl sites for hydroxylation is 1. The largest absolute Gasteiger partial charge is 0.345 e. The quantitative estimate of drug-likeness (QED) is 0.775. The zero-order chi connectivity index (χ0) is 19.2. The highest BCUT2D eigenvalue weighted by atomic mass is 16.2. The molecule has 0 aliphatic heterocycles. The molecular weight excluding hydrogens is 336 g/mol. The van der Waals surface area contributed by atoms with Crippen molar-refractivity contribution in [1.82, 2.24) is 19.8 Å². The minimum Gasteiger partial charge on any atom is -0.345 e. The third kappa shape index (κ3) is 5.19. The fourth-order valence-electron chi connectivity index (χ4n) is 4.11. The Morgan fingerprint density at radius 3 is 2.48 bits per heavy atom. The number of benzene rings is 1. The summed E-state index contributed by atoms with van der Waals surface area (Å²) in [7, 11) is 4.10. The van der Waals surface area contributed by atoms with Crippen LogP contribution in [0, 0.1) is 12.8 Å². The summed E-state index contributed by atoms with van der Waals surface area (Å²) in [5.41, 5.74) is 2.16. The lowest BCUT2D eigenvalue weighted by atomic mass is 9.83. The van der Waals surface area contributed by atoms with E-state index in [1.807, 2.05) is 36.2 Å². The van der Waals surface area contributed by atoms with Gasteiger partial charge in [0.15, 0.2) is 0 Å². The molecule has 3 rings (SSSR count). The predicted molar refractivity (Wildman–Crippen MR) is 108 cm³/mol. The Balaban J connectivity index is 1.85. The lowest BCUT2D eigenvalue weighted by Crippen LogP contribution is -2.40. The van der Waals surface area contributed by atoms with Gasteiger partial charge in [0.05, 0.1) is 24.4 Å². The molecule has 2 aromatic rings. The third-order valence-corrected chi connectivity index (χ3v) is 5.54. The number of aromatic amines is 1. The van der Waals surface area contributed by atoms with Crippen LogP contribution >= 0.6 is 0 Å². The zero-order valence-corrected chi connectivity index (χ0v) is 16.8. The van der Waals surface area contributed by atoms with E-state index in [4.69, 9.17) is 0 Å². The molecule has 1 saturated carbocycles. The number of H-pyrrole nitrogens is 1. The van der Waals surface area contributed by atoms with Gasteiger partial charge in [-0.2, -0.15) is 0 Å². The second-order valence-electron chi connectivity index (χ2n) is 7.99. The van der Waals surface area contributed by atoms with Crippen molar-refractivity contribution in [1.29, 1.82) is 0 Å². The van der Waals surface area contributed by atoms with Crippen LogP contribution in [0.5, 0.6) is 0 Å². The van der Waals surface area contributed by atoms with Crippen LogP contribution in [-0.2, 0) is 11.3 Å². The van der Waals surface area contributed by atoms with E-state index >= 15 is 0 Å². The van der Waals surface area contributed by atoms with E-state index in [9.17, 15) is 4.79 Å². The molecule has 146 valence electrons. The summed E-state index contributed by atoms with van der Waals surface area (Å²) >= 11 is 0. The van der Waals surface area contributed by atoms with Crippen molar-refractivity contribution in [3.63, 3.8) is 0 Å². The van der Waals surface area contributed by atoms with Gasteiger partial charge in [0.25, 0.3) is 0 Å². The molecular formula is C22H32N4O. The van der Waals surface area contributed by atoms with Crippen LogP contribution in [0.4, 0.5) is 0 Å². The van der Waals surface area contributed by atoms with Crippen LogP contribution in [-0.4, -0.2) is 52.9 Å². The maximum absolute atomic E-state index is 13.7. The van der Waals surface area contributed by atoms with Crippen molar-refractivity contribution in [3.8, 4) is 0 Å². The molecule has 27 heavy (non-hydrogen) atoms. The van der Waals surface area contributed by atoms with Crippen LogP contribution in [0.15, 0.2) is 36.5 Å². The molecule has 1 fully saturated rings. The fourth-order valence-corrected chi connectivity index (χ4v) is 4.11. The van der Waals surface area contributed by atoms with Gasteiger partial charge in [0.1, 0.15) is 5.82 Å². The monoisotopic (exact) mass is 368 g/mol. The van der Waals surface area contributed by atoms with Crippen LogP contribution in [0.25, 0.3) is 0 Å². The summed E-state index contributed by atoms with van der Waals surface area (Å²) in [6.45, 7) is 4.11. The highest BCUT2D eigenvalue weighted by molar-refractivity contribution is 5.84. The standard InChI is InChI=1S/C22H32N4O/c1-17-23-15-20(24-17)16-26(14-13-25(2)3)22(27)21(19-11-7-8-12-19)18-9-5-4-6-10-18/h4-6,9-10,15,19,21H,7-8,11-14,16H2,1-3H3,(H,23,24). The Kier molecular flexibility index (Phi) is 6.67. The first-order valence-electron chi connectivity index (χ1n) is 10.0. The normalized spacial score (nSPS) is 16.0. The van der Waals surface area contributed by atoms with Gasteiger partial charge in [0, 0.05) is 13.1 Å². The molecule has 0 bridgehead atoms. The minimum absolute atomic E-state index is 0.0418. The number of rotatable bonds is 8. The average Bonchev–Trinajstić information content (AvgIpc) is 3.31. The van der Waals surface area contributed by atoms with Crippen molar-refractivity contribution in [2.75, 3.05) is 27.2 Å². The first-order valence-corrected chi connectivity index (χ1v) is 10.0. The van der Waals surface area contributed by atoms with Crippen molar-refractivity contribution in [2.24, 2.45) is 5.92 Å². The maximum atomic E-state index is 13.7. The van der Waals surface area contributed by atoms with Gasteiger partial charge in [0.2, 0.25) is 5.91 Å². The molecule has 1 amide bonds. The Morgan fingerprint density at radius 2 is 1.89 bits per heavy atom. The molecule has 0 radical (unpaired) electrons. The molecule has 1 heterocycles. The molecule has 1 atom stereocenters. The fraction of sp³-hybridized carbons (Fsp3) is 0.545. The molecule has 1 aromatic heterocycles. The Bertz CT molecular complexity index is 719. The molecule has 5 heteroatoms. The van der Waals surface area contributed by atoms with Crippen molar-refractivity contribution >= 4 is 5.91 Å². The number of nitrogens with zero attached hydrogens (tertiary/aromatic N) is 3. The second-order valence-corrected chi connectivity index (χ2v) is 7.99. The number of carbonyl (C=O) groups is 1. The highest BCUT2D eigenvalue weighted by Gasteiger charge is 2.34. The predicted octanol–water partition coefficient (Wildman–Crippen LogP) is 3.58. The lowest BCUT2D eigenvalue weighted by Gasteiger charge is -2.31. The number of hydrogen-bond donors (Lipinski definition) is 1. The van der Waals surface area contributed by atoms with Gasteiger partial charge in [-0.3, -0.25) is 4.79 Å². The van der Waals surface area contributed by atoms with E-state index < -0.39 is 0 Å². The summed E-state index contributed by atoms with van der Waals surface area (Å²) in [4.78, 5) is 25.5. The number of amides is 1. The number of likely N-dealkylation sites (N-methyl/N-ethyl adjacent to an activating group) is 1.